The largest absolute Gasteiger partial charge is 0.480 e. The number of fused-ring (bicyclic) bond motifs is 1. The number of carbonyl (C=O) groups is 4. The number of carboxylic acids is 1. The molecule has 3 rings (SSSR count). The average molecular weight is 546 g/mol. The van der Waals surface area contributed by atoms with Crippen LogP contribution in [0.4, 0.5) is 0 Å². The first-order valence-electron chi connectivity index (χ1n) is 13.1. The molecule has 0 saturated carbocycles. The van der Waals surface area contributed by atoms with Crippen LogP contribution in [0.25, 0.3) is 10.9 Å². The van der Waals surface area contributed by atoms with Gasteiger partial charge in [-0.2, -0.15) is 11.8 Å². The lowest BCUT2D eigenvalue weighted by Crippen LogP contribution is -2.57. The van der Waals surface area contributed by atoms with Gasteiger partial charge < -0.3 is 31.4 Å². The third kappa shape index (κ3) is 7.50. The molecule has 38 heavy (non-hydrogen) atoms. The fourth-order valence-corrected chi connectivity index (χ4v) is 5.35. The first-order valence-corrected chi connectivity index (χ1v) is 14.4. The van der Waals surface area contributed by atoms with Crippen LogP contribution in [0, 0.1) is 5.92 Å². The van der Waals surface area contributed by atoms with Crippen LogP contribution in [0.3, 0.4) is 0 Å². The van der Waals surface area contributed by atoms with E-state index < -0.39 is 47.9 Å². The molecule has 0 spiro atoms. The van der Waals surface area contributed by atoms with E-state index in [1.807, 2.05) is 50.6 Å². The van der Waals surface area contributed by atoms with Crippen molar-refractivity contribution in [2.45, 2.75) is 70.1 Å². The molecule has 11 heteroatoms. The minimum absolute atomic E-state index is 0.195. The quantitative estimate of drug-likeness (QED) is 0.257. The molecule has 4 atom stereocenters. The van der Waals surface area contributed by atoms with Crippen molar-refractivity contribution < 1.29 is 24.3 Å². The summed E-state index contributed by atoms with van der Waals surface area (Å²) < 4.78 is 0. The summed E-state index contributed by atoms with van der Waals surface area (Å²) in [7, 11) is 0. The SMILES string of the molecule is CSCCC(NC(=O)C(Cc1c[nH]c2ccccc12)NC(=O)C(N)CC(C)C)C(=O)N1CCCC1C(=O)O. The van der Waals surface area contributed by atoms with Crippen LogP contribution >= 0.6 is 11.8 Å². The maximum absolute atomic E-state index is 13.6. The van der Waals surface area contributed by atoms with Crippen molar-refractivity contribution in [2.24, 2.45) is 11.7 Å². The highest BCUT2D eigenvalue weighted by molar-refractivity contribution is 7.98. The predicted octanol–water partition coefficient (Wildman–Crippen LogP) is 1.88. The lowest BCUT2D eigenvalue weighted by molar-refractivity contribution is -0.149. The van der Waals surface area contributed by atoms with Gasteiger partial charge in [-0.1, -0.05) is 32.0 Å². The number of amides is 3. The van der Waals surface area contributed by atoms with Crippen molar-refractivity contribution in [1.29, 1.82) is 0 Å². The molecule has 1 fully saturated rings. The van der Waals surface area contributed by atoms with E-state index in [1.165, 1.54) is 16.7 Å². The zero-order valence-electron chi connectivity index (χ0n) is 22.2. The van der Waals surface area contributed by atoms with Crippen molar-refractivity contribution >= 4 is 46.4 Å². The van der Waals surface area contributed by atoms with E-state index in [2.05, 4.69) is 15.6 Å². The number of nitrogens with zero attached hydrogens (tertiary/aromatic N) is 1. The van der Waals surface area contributed by atoms with E-state index in [1.54, 1.807) is 0 Å². The molecule has 0 aliphatic carbocycles. The third-order valence-electron chi connectivity index (χ3n) is 6.84. The number of likely N-dealkylation sites (tertiary alicyclic amines) is 1. The first-order chi connectivity index (χ1) is 18.1. The number of aromatic nitrogens is 1. The summed E-state index contributed by atoms with van der Waals surface area (Å²) in [5.74, 6) is -1.60. The van der Waals surface area contributed by atoms with Gasteiger partial charge in [0.15, 0.2) is 0 Å². The monoisotopic (exact) mass is 545 g/mol. The van der Waals surface area contributed by atoms with Crippen LogP contribution in [0.15, 0.2) is 30.5 Å². The molecule has 1 saturated heterocycles. The lowest BCUT2D eigenvalue weighted by Gasteiger charge is -2.29. The topological polar surface area (TPSA) is 158 Å². The van der Waals surface area contributed by atoms with Crippen LogP contribution in [0.1, 0.15) is 45.1 Å². The van der Waals surface area contributed by atoms with Crippen molar-refractivity contribution in [2.75, 3.05) is 18.6 Å². The maximum Gasteiger partial charge on any atom is 0.326 e. The summed E-state index contributed by atoms with van der Waals surface area (Å²) in [6, 6.07) is 4.13. The highest BCUT2D eigenvalue weighted by Gasteiger charge is 2.38. The van der Waals surface area contributed by atoms with Gasteiger partial charge in [0.25, 0.3) is 0 Å². The standard InChI is InChI=1S/C27H39N5O5S/c1-16(2)13-19(28)24(33)31-22(14-17-15-29-20-8-5-4-7-18(17)20)25(34)30-21(10-12-38-3)26(35)32-11-6-9-23(32)27(36)37/h4-5,7-8,15-16,19,21-23,29H,6,9-14,28H2,1-3H3,(H,30,34)(H,31,33)(H,36,37). The molecule has 2 aromatic rings. The molecule has 10 nitrogen and oxygen atoms in total. The molecular weight excluding hydrogens is 506 g/mol. The second-order valence-corrected chi connectivity index (χ2v) is 11.2. The number of nitrogens with two attached hydrogens (primary N) is 1. The summed E-state index contributed by atoms with van der Waals surface area (Å²) in [5, 5.41) is 16.1. The van der Waals surface area contributed by atoms with Crippen LogP contribution < -0.4 is 16.4 Å². The third-order valence-corrected chi connectivity index (χ3v) is 7.48. The van der Waals surface area contributed by atoms with Gasteiger partial charge in [0.2, 0.25) is 17.7 Å². The number of thioether (sulfide) groups is 1. The van der Waals surface area contributed by atoms with Gasteiger partial charge in [0, 0.05) is 30.1 Å². The number of H-pyrrole nitrogens is 1. The minimum atomic E-state index is -1.05. The van der Waals surface area contributed by atoms with Crippen molar-refractivity contribution in [3.63, 3.8) is 0 Å². The molecule has 1 aromatic heterocycles. The Morgan fingerprint density at radius 3 is 2.55 bits per heavy atom. The molecule has 2 heterocycles. The van der Waals surface area contributed by atoms with E-state index in [0.717, 1.165) is 16.5 Å². The number of carboxylic acid groups (broad SMARTS) is 1. The number of carbonyl (C=O) groups excluding carboxylic acids is 3. The number of rotatable bonds is 13. The van der Waals surface area contributed by atoms with Crippen molar-refractivity contribution in [3.8, 4) is 0 Å². The fraction of sp³-hybridized carbons (Fsp3) is 0.556. The number of benzene rings is 1. The average Bonchev–Trinajstić information content (AvgIpc) is 3.53. The molecule has 4 unspecified atom stereocenters. The van der Waals surface area contributed by atoms with Crippen LogP contribution in [0.2, 0.25) is 0 Å². The zero-order chi connectivity index (χ0) is 27.8. The zero-order valence-corrected chi connectivity index (χ0v) is 23.1. The van der Waals surface area contributed by atoms with E-state index in [9.17, 15) is 24.3 Å². The van der Waals surface area contributed by atoms with Gasteiger partial charge >= 0.3 is 5.97 Å². The summed E-state index contributed by atoms with van der Waals surface area (Å²) in [5.41, 5.74) is 7.86. The number of hydrogen-bond donors (Lipinski definition) is 5. The minimum Gasteiger partial charge on any atom is -0.480 e. The van der Waals surface area contributed by atoms with E-state index in [0.29, 0.717) is 38.0 Å². The van der Waals surface area contributed by atoms with Crippen LogP contribution in [0.5, 0.6) is 0 Å². The Bertz CT molecular complexity index is 1140. The second-order valence-electron chi connectivity index (χ2n) is 10.2. The normalized spacial score (nSPS) is 17.8. The second kappa shape index (κ2) is 13.7. The Balaban J connectivity index is 1.84. The lowest BCUT2D eigenvalue weighted by atomic mass is 10.0. The number of aromatic amines is 1. The summed E-state index contributed by atoms with van der Waals surface area (Å²) >= 11 is 1.53. The Hall–Kier alpha value is -3.05. The maximum atomic E-state index is 13.6. The summed E-state index contributed by atoms with van der Waals surface area (Å²) in [6.45, 7) is 4.27. The van der Waals surface area contributed by atoms with E-state index in [4.69, 9.17) is 5.73 Å². The van der Waals surface area contributed by atoms with Gasteiger partial charge in [-0.15, -0.1) is 0 Å². The first kappa shape index (κ1) is 29.5. The highest BCUT2D eigenvalue weighted by atomic mass is 32.2. The van der Waals surface area contributed by atoms with Crippen LogP contribution in [-0.2, 0) is 25.6 Å². The van der Waals surface area contributed by atoms with Crippen molar-refractivity contribution in [3.05, 3.63) is 36.0 Å². The molecule has 3 amide bonds. The fourth-order valence-electron chi connectivity index (χ4n) is 4.88. The Morgan fingerprint density at radius 2 is 1.87 bits per heavy atom. The van der Waals surface area contributed by atoms with E-state index >= 15 is 0 Å². The smallest absolute Gasteiger partial charge is 0.326 e. The van der Waals surface area contributed by atoms with Crippen molar-refractivity contribution in [1.82, 2.24) is 20.5 Å². The molecule has 208 valence electrons. The molecule has 1 aliphatic heterocycles. The number of para-hydroxylation sites is 1. The summed E-state index contributed by atoms with van der Waals surface area (Å²) in [4.78, 5) is 56.2. The molecule has 6 N–H and O–H groups in total. The molecule has 0 bridgehead atoms. The molecule has 1 aromatic carbocycles. The molecular formula is C27H39N5O5S. The van der Waals surface area contributed by atoms with Gasteiger partial charge in [-0.3, -0.25) is 14.4 Å². The molecule has 0 radical (unpaired) electrons. The predicted molar refractivity (Wildman–Crippen MR) is 149 cm³/mol. The van der Waals surface area contributed by atoms with Gasteiger partial charge in [0.05, 0.1) is 6.04 Å². The Morgan fingerprint density at radius 1 is 1.16 bits per heavy atom. The Labute approximate surface area is 227 Å². The van der Waals surface area contributed by atoms with Gasteiger partial charge in [-0.05, 0) is 55.2 Å². The van der Waals surface area contributed by atoms with E-state index in [-0.39, 0.29) is 12.3 Å². The Kier molecular flexibility index (Phi) is 10.6. The van der Waals surface area contributed by atoms with Gasteiger partial charge in [0.1, 0.15) is 18.1 Å². The highest BCUT2D eigenvalue weighted by Crippen LogP contribution is 2.21. The number of aliphatic carboxylic acids is 1. The number of nitrogens with one attached hydrogen (secondary N) is 3. The van der Waals surface area contributed by atoms with Gasteiger partial charge in [-0.25, -0.2) is 4.79 Å². The number of hydrogen-bond acceptors (Lipinski definition) is 6. The summed E-state index contributed by atoms with van der Waals surface area (Å²) in [6.07, 6.45) is 5.69. The van der Waals surface area contributed by atoms with Crippen LogP contribution in [-0.4, -0.2) is 81.4 Å². The molecule has 1 aliphatic rings.